The van der Waals surface area contributed by atoms with Gasteiger partial charge in [0.1, 0.15) is 0 Å². The number of aromatic hydroxyl groups is 1. The van der Waals surface area contributed by atoms with Crippen LogP contribution in [0.2, 0.25) is 0 Å². The van der Waals surface area contributed by atoms with Gasteiger partial charge >= 0.3 is 0 Å². The van der Waals surface area contributed by atoms with Crippen molar-refractivity contribution in [3.8, 4) is 5.75 Å². The lowest BCUT2D eigenvalue weighted by molar-refractivity contribution is -0.131. The van der Waals surface area contributed by atoms with Gasteiger partial charge in [-0.2, -0.15) is 0 Å². The van der Waals surface area contributed by atoms with Gasteiger partial charge in [0, 0.05) is 20.6 Å². The quantitative estimate of drug-likeness (QED) is 0.847. The Kier molecular flexibility index (Phi) is 6.08. The zero-order chi connectivity index (χ0) is 16.2. The van der Waals surface area contributed by atoms with E-state index in [-0.39, 0.29) is 12.5 Å². The summed E-state index contributed by atoms with van der Waals surface area (Å²) in [6, 6.07) is 1.69. The van der Waals surface area contributed by atoms with Crippen LogP contribution in [0.1, 0.15) is 25.8 Å². The van der Waals surface area contributed by atoms with E-state index in [2.05, 4.69) is 5.32 Å². The molecular formula is C15H22F2N2O2. The number of rotatable bonds is 6. The second-order valence-electron chi connectivity index (χ2n) is 5.70. The summed E-state index contributed by atoms with van der Waals surface area (Å²) >= 11 is 0. The van der Waals surface area contributed by atoms with Crippen LogP contribution in [0.4, 0.5) is 8.78 Å². The number of nitrogens with zero attached hydrogens (tertiary/aromatic N) is 1. The highest BCUT2D eigenvalue weighted by molar-refractivity contribution is 5.81. The lowest BCUT2D eigenvalue weighted by Crippen LogP contribution is -2.44. The van der Waals surface area contributed by atoms with Crippen molar-refractivity contribution < 1.29 is 18.7 Å². The molecular weight excluding hydrogens is 278 g/mol. The number of phenols is 1. The molecule has 118 valence electrons. The van der Waals surface area contributed by atoms with Crippen LogP contribution in [0.15, 0.2) is 12.1 Å². The van der Waals surface area contributed by atoms with Gasteiger partial charge in [-0.25, -0.2) is 8.78 Å². The van der Waals surface area contributed by atoms with E-state index < -0.39 is 23.4 Å². The molecule has 2 N–H and O–H groups in total. The number of halogens is 2. The highest BCUT2D eigenvalue weighted by Gasteiger charge is 2.21. The average molecular weight is 300 g/mol. The minimum atomic E-state index is -1.01. The Bertz CT molecular complexity index is 481. The summed E-state index contributed by atoms with van der Waals surface area (Å²) in [6.07, 6.45) is 0.625. The van der Waals surface area contributed by atoms with Crippen molar-refractivity contribution in [2.45, 2.75) is 32.9 Å². The molecule has 0 saturated carbocycles. The first kappa shape index (κ1) is 17.4. The Balaban J connectivity index is 2.79. The summed E-state index contributed by atoms with van der Waals surface area (Å²) in [5, 5.41) is 12.1. The Morgan fingerprint density at radius 2 is 1.81 bits per heavy atom. The van der Waals surface area contributed by atoms with Crippen LogP contribution < -0.4 is 5.32 Å². The van der Waals surface area contributed by atoms with Crippen LogP contribution in [0.3, 0.4) is 0 Å². The van der Waals surface area contributed by atoms with Crippen molar-refractivity contribution in [1.82, 2.24) is 10.2 Å². The molecule has 0 spiro atoms. The highest BCUT2D eigenvalue weighted by Crippen LogP contribution is 2.21. The van der Waals surface area contributed by atoms with E-state index in [1.807, 2.05) is 13.8 Å². The van der Waals surface area contributed by atoms with Crippen molar-refractivity contribution in [2.24, 2.45) is 5.92 Å². The summed E-state index contributed by atoms with van der Waals surface area (Å²) in [7, 11) is 3.33. The standard InChI is InChI=1S/C15H22F2N2O2/c1-9(2)5-13(15(21)19(3)4)18-8-10-6-11(16)14(20)12(17)7-10/h6-7,9,13,18,20H,5,8H2,1-4H3. The first-order valence-corrected chi connectivity index (χ1v) is 6.83. The third-order valence-electron chi connectivity index (χ3n) is 3.08. The monoisotopic (exact) mass is 300 g/mol. The maximum absolute atomic E-state index is 13.3. The van der Waals surface area contributed by atoms with Crippen molar-refractivity contribution in [2.75, 3.05) is 14.1 Å². The number of nitrogens with one attached hydrogen (secondary N) is 1. The number of hydrogen-bond donors (Lipinski definition) is 2. The predicted octanol–water partition coefficient (Wildman–Crippen LogP) is 2.26. The van der Waals surface area contributed by atoms with E-state index in [4.69, 9.17) is 5.11 Å². The smallest absolute Gasteiger partial charge is 0.239 e. The van der Waals surface area contributed by atoms with Gasteiger partial charge in [0.15, 0.2) is 17.4 Å². The van der Waals surface area contributed by atoms with Crippen molar-refractivity contribution in [1.29, 1.82) is 0 Å². The number of likely N-dealkylation sites (N-methyl/N-ethyl adjacent to an activating group) is 1. The number of carbonyl (C=O) groups is 1. The molecule has 0 aliphatic rings. The normalized spacial score (nSPS) is 12.5. The molecule has 21 heavy (non-hydrogen) atoms. The van der Waals surface area contributed by atoms with Crippen molar-refractivity contribution in [3.63, 3.8) is 0 Å². The van der Waals surface area contributed by atoms with Gasteiger partial charge in [0.2, 0.25) is 5.91 Å². The molecule has 4 nitrogen and oxygen atoms in total. The molecule has 6 heteroatoms. The molecule has 0 fully saturated rings. The highest BCUT2D eigenvalue weighted by atomic mass is 19.1. The summed E-state index contributed by atoms with van der Waals surface area (Å²) in [5.74, 6) is -2.78. The van der Waals surface area contributed by atoms with E-state index in [1.165, 1.54) is 4.90 Å². The van der Waals surface area contributed by atoms with Crippen LogP contribution in [0.25, 0.3) is 0 Å². The summed E-state index contributed by atoms with van der Waals surface area (Å²) in [4.78, 5) is 13.5. The molecule has 0 aromatic heterocycles. The minimum Gasteiger partial charge on any atom is -0.503 e. The molecule has 0 bridgehead atoms. The van der Waals surface area contributed by atoms with Crippen LogP contribution >= 0.6 is 0 Å². The first-order valence-electron chi connectivity index (χ1n) is 6.83. The summed E-state index contributed by atoms with van der Waals surface area (Å²) in [6.45, 7) is 4.14. The topological polar surface area (TPSA) is 52.6 Å². The number of benzene rings is 1. The van der Waals surface area contributed by atoms with Crippen molar-refractivity contribution in [3.05, 3.63) is 29.3 Å². The Labute approximate surface area is 123 Å². The third-order valence-corrected chi connectivity index (χ3v) is 3.08. The predicted molar refractivity (Wildman–Crippen MR) is 76.8 cm³/mol. The fourth-order valence-corrected chi connectivity index (χ4v) is 2.02. The molecule has 1 atom stereocenters. The Hall–Kier alpha value is -1.69. The van der Waals surface area contributed by atoms with E-state index in [1.54, 1.807) is 14.1 Å². The van der Waals surface area contributed by atoms with Gasteiger partial charge in [0.25, 0.3) is 0 Å². The maximum atomic E-state index is 13.3. The molecule has 1 unspecified atom stereocenters. The van der Waals surface area contributed by atoms with Gasteiger partial charge in [-0.3, -0.25) is 4.79 Å². The van der Waals surface area contributed by atoms with E-state index >= 15 is 0 Å². The van der Waals surface area contributed by atoms with E-state index in [0.29, 0.717) is 17.9 Å². The summed E-state index contributed by atoms with van der Waals surface area (Å²) in [5.41, 5.74) is 0.336. The third kappa shape index (κ3) is 4.97. The maximum Gasteiger partial charge on any atom is 0.239 e. The Morgan fingerprint density at radius 1 is 1.29 bits per heavy atom. The largest absolute Gasteiger partial charge is 0.503 e. The SMILES string of the molecule is CC(C)CC(NCc1cc(F)c(O)c(F)c1)C(=O)N(C)C. The zero-order valence-corrected chi connectivity index (χ0v) is 12.8. The molecule has 0 radical (unpaired) electrons. The molecule has 0 aliphatic heterocycles. The van der Waals surface area contributed by atoms with Crippen LogP contribution in [0.5, 0.6) is 5.75 Å². The second-order valence-corrected chi connectivity index (χ2v) is 5.70. The van der Waals surface area contributed by atoms with Crippen LogP contribution in [0, 0.1) is 17.6 Å². The van der Waals surface area contributed by atoms with Crippen molar-refractivity contribution >= 4 is 5.91 Å². The molecule has 0 aliphatic carbocycles. The van der Waals surface area contributed by atoms with E-state index in [0.717, 1.165) is 12.1 Å². The fraction of sp³-hybridized carbons (Fsp3) is 0.533. The van der Waals surface area contributed by atoms with Crippen LogP contribution in [-0.2, 0) is 11.3 Å². The first-order chi connectivity index (χ1) is 9.72. The molecule has 1 aromatic carbocycles. The number of amides is 1. The molecule has 0 saturated heterocycles. The molecule has 1 aromatic rings. The van der Waals surface area contributed by atoms with E-state index in [9.17, 15) is 13.6 Å². The number of phenolic OH excluding ortho intramolecular Hbond substituents is 1. The minimum absolute atomic E-state index is 0.0802. The number of carbonyl (C=O) groups excluding carboxylic acids is 1. The lowest BCUT2D eigenvalue weighted by atomic mass is 10.0. The zero-order valence-electron chi connectivity index (χ0n) is 12.8. The second kappa shape index (κ2) is 7.36. The van der Waals surface area contributed by atoms with Gasteiger partial charge in [-0.15, -0.1) is 0 Å². The summed E-state index contributed by atoms with van der Waals surface area (Å²) < 4.78 is 26.5. The average Bonchev–Trinajstić information content (AvgIpc) is 2.39. The van der Waals surface area contributed by atoms with Gasteiger partial charge in [-0.1, -0.05) is 13.8 Å². The van der Waals surface area contributed by atoms with Gasteiger partial charge in [0.05, 0.1) is 6.04 Å². The molecule has 1 rings (SSSR count). The Morgan fingerprint density at radius 3 is 2.24 bits per heavy atom. The molecule has 1 amide bonds. The fourth-order valence-electron chi connectivity index (χ4n) is 2.02. The lowest BCUT2D eigenvalue weighted by Gasteiger charge is -2.23. The van der Waals surface area contributed by atoms with Gasteiger partial charge < -0.3 is 15.3 Å². The van der Waals surface area contributed by atoms with Gasteiger partial charge in [-0.05, 0) is 30.0 Å². The van der Waals surface area contributed by atoms with Crippen LogP contribution in [-0.4, -0.2) is 36.1 Å². The molecule has 0 heterocycles. The number of hydrogen-bond acceptors (Lipinski definition) is 3.